The van der Waals surface area contributed by atoms with Crippen molar-refractivity contribution in [2.24, 2.45) is 11.8 Å². The Kier molecular flexibility index (Phi) is 4.84. The maximum absolute atomic E-state index is 12.1. The van der Waals surface area contributed by atoms with Gasteiger partial charge in [0.05, 0.1) is 12.8 Å². The molecule has 0 heterocycles. The van der Waals surface area contributed by atoms with Crippen molar-refractivity contribution in [3.05, 3.63) is 23.8 Å². The average Bonchev–Trinajstić information content (AvgIpc) is 2.92. The van der Waals surface area contributed by atoms with Gasteiger partial charge in [0, 0.05) is 18.7 Å². The van der Waals surface area contributed by atoms with Gasteiger partial charge in [-0.05, 0) is 42.9 Å². The number of ether oxygens (including phenoxy) is 1. The first-order chi connectivity index (χ1) is 9.65. The molecule has 1 saturated carbocycles. The molecule has 1 aliphatic carbocycles. The van der Waals surface area contributed by atoms with Crippen LogP contribution >= 0.6 is 0 Å². The molecule has 1 amide bonds. The zero-order valence-corrected chi connectivity index (χ0v) is 11.8. The second kappa shape index (κ2) is 6.61. The van der Waals surface area contributed by atoms with Crippen molar-refractivity contribution in [1.82, 2.24) is 5.32 Å². The molecule has 5 heteroatoms. The highest BCUT2D eigenvalue weighted by molar-refractivity contribution is 5.95. The minimum Gasteiger partial charge on any atom is -0.495 e. The van der Waals surface area contributed by atoms with Crippen LogP contribution in [0.5, 0.6) is 5.75 Å². The van der Waals surface area contributed by atoms with Gasteiger partial charge in [-0.3, -0.25) is 4.79 Å². The topological polar surface area (TPSA) is 84.6 Å². The number of hydrogen-bond donors (Lipinski definition) is 3. The number of benzene rings is 1. The van der Waals surface area contributed by atoms with E-state index in [1.807, 2.05) is 0 Å². The number of amides is 1. The van der Waals surface area contributed by atoms with E-state index < -0.39 is 0 Å². The molecule has 1 fully saturated rings. The molecule has 0 bridgehead atoms. The maximum Gasteiger partial charge on any atom is 0.251 e. The van der Waals surface area contributed by atoms with Gasteiger partial charge >= 0.3 is 0 Å². The van der Waals surface area contributed by atoms with E-state index in [0.717, 1.165) is 19.3 Å². The van der Waals surface area contributed by atoms with E-state index in [0.29, 0.717) is 35.4 Å². The zero-order chi connectivity index (χ0) is 14.5. The van der Waals surface area contributed by atoms with Crippen LogP contribution in [-0.2, 0) is 0 Å². The lowest BCUT2D eigenvalue weighted by atomic mass is 9.97. The molecular formula is C15H22N2O3. The monoisotopic (exact) mass is 278 g/mol. The van der Waals surface area contributed by atoms with E-state index in [1.54, 1.807) is 18.2 Å². The molecular weight excluding hydrogens is 256 g/mol. The molecule has 0 saturated heterocycles. The molecule has 5 nitrogen and oxygen atoms in total. The molecule has 2 rings (SSSR count). The third-order valence-electron chi connectivity index (χ3n) is 4.07. The van der Waals surface area contributed by atoms with E-state index in [9.17, 15) is 9.90 Å². The fourth-order valence-electron chi connectivity index (χ4n) is 2.80. The highest BCUT2D eigenvalue weighted by Gasteiger charge is 2.26. The summed E-state index contributed by atoms with van der Waals surface area (Å²) in [6, 6.07) is 4.99. The van der Waals surface area contributed by atoms with Gasteiger partial charge in [-0.1, -0.05) is 6.42 Å². The Morgan fingerprint density at radius 2 is 2.20 bits per heavy atom. The van der Waals surface area contributed by atoms with Crippen LogP contribution in [0.3, 0.4) is 0 Å². The number of hydrogen-bond acceptors (Lipinski definition) is 4. The van der Waals surface area contributed by atoms with Crippen molar-refractivity contribution < 1.29 is 14.6 Å². The van der Waals surface area contributed by atoms with Gasteiger partial charge in [0.15, 0.2) is 0 Å². The van der Waals surface area contributed by atoms with Gasteiger partial charge in [-0.15, -0.1) is 0 Å². The van der Waals surface area contributed by atoms with Gasteiger partial charge in [-0.2, -0.15) is 0 Å². The Bertz CT molecular complexity index is 476. The largest absolute Gasteiger partial charge is 0.495 e. The van der Waals surface area contributed by atoms with Crippen molar-refractivity contribution >= 4 is 11.6 Å². The lowest BCUT2D eigenvalue weighted by Crippen LogP contribution is -2.31. The zero-order valence-electron chi connectivity index (χ0n) is 11.8. The SMILES string of the molecule is COc1cc(C(=O)NCC2CCCC2CO)ccc1N. The van der Waals surface area contributed by atoms with Crippen LogP contribution < -0.4 is 15.8 Å². The van der Waals surface area contributed by atoms with Crippen LogP contribution in [-0.4, -0.2) is 31.3 Å². The molecule has 2 unspecified atom stereocenters. The smallest absolute Gasteiger partial charge is 0.251 e. The summed E-state index contributed by atoms with van der Waals surface area (Å²) < 4.78 is 5.11. The summed E-state index contributed by atoms with van der Waals surface area (Å²) in [7, 11) is 1.53. The van der Waals surface area contributed by atoms with Gasteiger partial charge in [0.2, 0.25) is 0 Å². The fourth-order valence-corrected chi connectivity index (χ4v) is 2.80. The van der Waals surface area contributed by atoms with Crippen LogP contribution in [0.25, 0.3) is 0 Å². The molecule has 0 aliphatic heterocycles. The molecule has 1 aliphatic rings. The van der Waals surface area contributed by atoms with E-state index in [2.05, 4.69) is 5.32 Å². The molecule has 0 aromatic heterocycles. The minimum absolute atomic E-state index is 0.133. The molecule has 0 radical (unpaired) electrons. The summed E-state index contributed by atoms with van der Waals surface area (Å²) in [6.45, 7) is 0.812. The molecule has 4 N–H and O–H groups in total. The fraction of sp³-hybridized carbons (Fsp3) is 0.533. The number of anilines is 1. The molecule has 1 aromatic carbocycles. The summed E-state index contributed by atoms with van der Waals surface area (Å²) in [5, 5.41) is 12.2. The molecule has 20 heavy (non-hydrogen) atoms. The molecule has 110 valence electrons. The van der Waals surface area contributed by atoms with E-state index in [1.165, 1.54) is 7.11 Å². The van der Waals surface area contributed by atoms with Crippen molar-refractivity contribution in [2.45, 2.75) is 19.3 Å². The molecule has 0 spiro atoms. The lowest BCUT2D eigenvalue weighted by molar-refractivity contribution is 0.0937. The molecule has 1 aromatic rings. The van der Waals surface area contributed by atoms with Crippen molar-refractivity contribution in [1.29, 1.82) is 0 Å². The number of nitrogens with one attached hydrogen (secondary N) is 1. The van der Waals surface area contributed by atoms with E-state index in [-0.39, 0.29) is 12.5 Å². The predicted octanol–water partition coefficient (Wildman–Crippen LogP) is 1.42. The van der Waals surface area contributed by atoms with Crippen LogP contribution in [0.1, 0.15) is 29.6 Å². The minimum atomic E-state index is -0.133. The summed E-state index contributed by atoms with van der Waals surface area (Å²) in [5.41, 5.74) is 6.78. The Labute approximate surface area is 119 Å². The van der Waals surface area contributed by atoms with Crippen LogP contribution in [0.4, 0.5) is 5.69 Å². The number of carbonyl (C=O) groups excluding carboxylic acids is 1. The predicted molar refractivity (Wildman–Crippen MR) is 77.7 cm³/mol. The van der Waals surface area contributed by atoms with Crippen LogP contribution in [0.15, 0.2) is 18.2 Å². The Balaban J connectivity index is 1.95. The van der Waals surface area contributed by atoms with E-state index >= 15 is 0 Å². The van der Waals surface area contributed by atoms with Crippen LogP contribution in [0, 0.1) is 11.8 Å². The first-order valence-corrected chi connectivity index (χ1v) is 6.98. The van der Waals surface area contributed by atoms with Gasteiger partial charge in [0.1, 0.15) is 5.75 Å². The summed E-state index contributed by atoms with van der Waals surface area (Å²) in [6.07, 6.45) is 3.24. The third kappa shape index (κ3) is 3.22. The summed E-state index contributed by atoms with van der Waals surface area (Å²) in [4.78, 5) is 12.1. The van der Waals surface area contributed by atoms with Gasteiger partial charge in [0.25, 0.3) is 5.91 Å². The van der Waals surface area contributed by atoms with Crippen molar-refractivity contribution in [2.75, 3.05) is 26.0 Å². The highest BCUT2D eigenvalue weighted by Crippen LogP contribution is 2.30. The number of nitrogens with two attached hydrogens (primary N) is 1. The van der Waals surface area contributed by atoms with E-state index in [4.69, 9.17) is 10.5 Å². The lowest BCUT2D eigenvalue weighted by Gasteiger charge is -2.18. The average molecular weight is 278 g/mol. The summed E-state index contributed by atoms with van der Waals surface area (Å²) in [5.74, 6) is 1.06. The normalized spacial score (nSPS) is 21.7. The standard InChI is InChI=1S/C15H22N2O3/c1-20-14-7-10(5-6-13(14)16)15(19)17-8-11-3-2-4-12(11)9-18/h5-7,11-12,18H,2-4,8-9,16H2,1H3,(H,17,19). The highest BCUT2D eigenvalue weighted by atomic mass is 16.5. The number of methoxy groups -OCH3 is 1. The van der Waals surface area contributed by atoms with Gasteiger partial charge < -0.3 is 20.9 Å². The van der Waals surface area contributed by atoms with Crippen molar-refractivity contribution in [3.8, 4) is 5.75 Å². The molecule has 2 atom stereocenters. The quantitative estimate of drug-likeness (QED) is 0.711. The number of carbonyl (C=O) groups is 1. The Hall–Kier alpha value is -1.75. The number of aliphatic hydroxyl groups is 1. The Morgan fingerprint density at radius 3 is 2.90 bits per heavy atom. The number of rotatable bonds is 5. The van der Waals surface area contributed by atoms with Gasteiger partial charge in [-0.25, -0.2) is 0 Å². The third-order valence-corrected chi connectivity index (χ3v) is 4.07. The second-order valence-corrected chi connectivity index (χ2v) is 5.30. The Morgan fingerprint density at radius 1 is 1.45 bits per heavy atom. The second-order valence-electron chi connectivity index (χ2n) is 5.30. The number of nitrogen functional groups attached to an aromatic ring is 1. The number of aliphatic hydroxyl groups excluding tert-OH is 1. The summed E-state index contributed by atoms with van der Waals surface area (Å²) >= 11 is 0. The van der Waals surface area contributed by atoms with Crippen LogP contribution in [0.2, 0.25) is 0 Å². The first kappa shape index (κ1) is 14.7. The first-order valence-electron chi connectivity index (χ1n) is 6.98. The van der Waals surface area contributed by atoms with Crippen molar-refractivity contribution in [3.63, 3.8) is 0 Å². The maximum atomic E-state index is 12.1.